The number of rotatable bonds is 4. The fourth-order valence-electron chi connectivity index (χ4n) is 3.23. The predicted molar refractivity (Wildman–Crippen MR) is 109 cm³/mol. The number of carbonyl (C=O) groups is 2. The third kappa shape index (κ3) is 4.88. The van der Waals surface area contributed by atoms with Crippen molar-refractivity contribution in [1.82, 2.24) is 9.80 Å². The molecular weight excluding hydrogens is 429 g/mol. The van der Waals surface area contributed by atoms with Crippen LogP contribution in [0.3, 0.4) is 0 Å². The Hall–Kier alpha value is -3.34. The standard InChI is InChI=1S/C20H20FN3O6S/c1-13-3-4-14(11-18(13)21)19(25)22-5-7-23(8-6-22)20(26)15-9-16(24(27)28)12-17(10-15)31(2,29)30/h3-4,9-12H,5-8H2,1-2H3. The van der Waals surface area contributed by atoms with Gasteiger partial charge in [-0.3, -0.25) is 19.7 Å². The molecule has 2 amide bonds. The molecule has 31 heavy (non-hydrogen) atoms. The number of aryl methyl sites for hydroxylation is 1. The molecule has 2 aromatic rings. The van der Waals surface area contributed by atoms with Crippen LogP contribution < -0.4 is 0 Å². The summed E-state index contributed by atoms with van der Waals surface area (Å²) >= 11 is 0. The molecule has 2 aromatic carbocycles. The van der Waals surface area contributed by atoms with E-state index in [1.165, 1.54) is 28.0 Å². The first kappa shape index (κ1) is 22.3. The minimum atomic E-state index is -3.76. The zero-order valence-electron chi connectivity index (χ0n) is 16.9. The van der Waals surface area contributed by atoms with Gasteiger partial charge in [-0.05, 0) is 30.7 Å². The third-order valence-electron chi connectivity index (χ3n) is 5.05. The van der Waals surface area contributed by atoms with Crippen molar-refractivity contribution in [2.75, 3.05) is 32.4 Å². The topological polar surface area (TPSA) is 118 Å². The number of nitro benzene ring substituents is 1. The largest absolute Gasteiger partial charge is 0.335 e. The molecule has 1 fully saturated rings. The van der Waals surface area contributed by atoms with Crippen LogP contribution in [0.4, 0.5) is 10.1 Å². The number of hydrogen-bond acceptors (Lipinski definition) is 6. The van der Waals surface area contributed by atoms with Gasteiger partial charge in [0.1, 0.15) is 5.82 Å². The molecule has 0 unspecified atom stereocenters. The van der Waals surface area contributed by atoms with Gasteiger partial charge in [-0.2, -0.15) is 0 Å². The first-order valence-corrected chi connectivity index (χ1v) is 11.2. The summed E-state index contributed by atoms with van der Waals surface area (Å²) in [5, 5.41) is 11.1. The summed E-state index contributed by atoms with van der Waals surface area (Å²) < 4.78 is 37.4. The number of piperazine rings is 1. The van der Waals surface area contributed by atoms with E-state index < -0.39 is 32.2 Å². The van der Waals surface area contributed by atoms with Gasteiger partial charge in [-0.1, -0.05) is 6.07 Å². The summed E-state index contributed by atoms with van der Waals surface area (Å²) in [5.41, 5.74) is 0.0215. The van der Waals surface area contributed by atoms with Gasteiger partial charge in [0, 0.05) is 55.7 Å². The van der Waals surface area contributed by atoms with E-state index in [1.807, 2.05) is 0 Å². The van der Waals surface area contributed by atoms with Crippen LogP contribution in [0.1, 0.15) is 26.3 Å². The molecule has 1 heterocycles. The van der Waals surface area contributed by atoms with E-state index in [-0.39, 0.29) is 48.1 Å². The number of amides is 2. The molecule has 3 rings (SSSR count). The summed E-state index contributed by atoms with van der Waals surface area (Å²) in [4.78, 5) is 38.4. The molecule has 164 valence electrons. The van der Waals surface area contributed by atoms with Crippen molar-refractivity contribution in [3.63, 3.8) is 0 Å². The average molecular weight is 449 g/mol. The van der Waals surface area contributed by atoms with E-state index in [0.717, 1.165) is 24.5 Å². The second-order valence-corrected chi connectivity index (χ2v) is 9.31. The highest BCUT2D eigenvalue weighted by atomic mass is 32.2. The number of halogens is 1. The second kappa shape index (κ2) is 8.42. The fourth-order valence-corrected chi connectivity index (χ4v) is 3.91. The molecule has 1 aliphatic rings. The Bertz CT molecular complexity index is 1170. The van der Waals surface area contributed by atoms with Crippen molar-refractivity contribution in [2.24, 2.45) is 0 Å². The maximum absolute atomic E-state index is 13.8. The second-order valence-electron chi connectivity index (χ2n) is 7.29. The molecule has 1 aliphatic heterocycles. The van der Waals surface area contributed by atoms with Gasteiger partial charge >= 0.3 is 0 Å². The summed E-state index contributed by atoms with van der Waals surface area (Å²) in [6, 6.07) is 7.27. The van der Waals surface area contributed by atoms with Gasteiger partial charge in [0.05, 0.1) is 9.82 Å². The van der Waals surface area contributed by atoms with E-state index in [0.29, 0.717) is 5.56 Å². The smallest absolute Gasteiger partial charge is 0.271 e. The molecular formula is C20H20FN3O6S. The molecule has 0 atom stereocenters. The predicted octanol–water partition coefficient (Wildman–Crippen LogP) is 2.04. The lowest BCUT2D eigenvalue weighted by atomic mass is 10.1. The van der Waals surface area contributed by atoms with Crippen LogP contribution in [0.15, 0.2) is 41.3 Å². The lowest BCUT2D eigenvalue weighted by Gasteiger charge is -2.35. The van der Waals surface area contributed by atoms with Crippen molar-refractivity contribution >= 4 is 27.3 Å². The van der Waals surface area contributed by atoms with Gasteiger partial charge < -0.3 is 9.80 Å². The van der Waals surface area contributed by atoms with E-state index >= 15 is 0 Å². The maximum atomic E-state index is 13.8. The summed E-state index contributed by atoms with van der Waals surface area (Å²) in [7, 11) is -3.76. The monoisotopic (exact) mass is 449 g/mol. The van der Waals surface area contributed by atoms with E-state index in [1.54, 1.807) is 6.92 Å². The van der Waals surface area contributed by atoms with E-state index in [4.69, 9.17) is 0 Å². The molecule has 0 N–H and O–H groups in total. The molecule has 0 aliphatic carbocycles. The minimum absolute atomic E-state index is 0.116. The van der Waals surface area contributed by atoms with Crippen molar-refractivity contribution in [1.29, 1.82) is 0 Å². The lowest BCUT2D eigenvalue weighted by molar-refractivity contribution is -0.385. The number of non-ortho nitro benzene ring substituents is 1. The Kier molecular flexibility index (Phi) is 6.07. The first-order chi connectivity index (χ1) is 14.5. The van der Waals surface area contributed by atoms with Crippen molar-refractivity contribution < 1.29 is 27.3 Å². The molecule has 9 nitrogen and oxygen atoms in total. The Morgan fingerprint density at radius 3 is 2.00 bits per heavy atom. The maximum Gasteiger partial charge on any atom is 0.271 e. The van der Waals surface area contributed by atoms with Crippen LogP contribution >= 0.6 is 0 Å². The minimum Gasteiger partial charge on any atom is -0.335 e. The van der Waals surface area contributed by atoms with Crippen molar-refractivity contribution in [2.45, 2.75) is 11.8 Å². The zero-order valence-corrected chi connectivity index (χ0v) is 17.7. The highest BCUT2D eigenvalue weighted by molar-refractivity contribution is 7.90. The molecule has 0 bridgehead atoms. The Morgan fingerprint density at radius 2 is 1.52 bits per heavy atom. The molecule has 0 radical (unpaired) electrons. The van der Waals surface area contributed by atoms with E-state index in [2.05, 4.69) is 0 Å². The SMILES string of the molecule is Cc1ccc(C(=O)N2CCN(C(=O)c3cc([N+](=O)[O-])cc(S(C)(=O)=O)c3)CC2)cc1F. The van der Waals surface area contributed by atoms with Gasteiger partial charge in [0.2, 0.25) is 0 Å². The molecule has 0 spiro atoms. The first-order valence-electron chi connectivity index (χ1n) is 9.31. The summed E-state index contributed by atoms with van der Waals surface area (Å²) in [6.07, 6.45) is 0.901. The van der Waals surface area contributed by atoms with Crippen LogP contribution in [0.5, 0.6) is 0 Å². The number of benzene rings is 2. The van der Waals surface area contributed by atoms with Gasteiger partial charge in [0.25, 0.3) is 17.5 Å². The van der Waals surface area contributed by atoms with E-state index in [9.17, 15) is 32.5 Å². The van der Waals surface area contributed by atoms with Gasteiger partial charge in [-0.15, -0.1) is 0 Å². The van der Waals surface area contributed by atoms with Crippen molar-refractivity contribution in [3.8, 4) is 0 Å². The van der Waals surface area contributed by atoms with Crippen LogP contribution in [-0.2, 0) is 9.84 Å². The number of nitro groups is 1. The number of sulfone groups is 1. The lowest BCUT2D eigenvalue weighted by Crippen LogP contribution is -2.50. The van der Waals surface area contributed by atoms with Crippen LogP contribution in [0, 0.1) is 22.9 Å². The van der Waals surface area contributed by atoms with Crippen molar-refractivity contribution in [3.05, 3.63) is 69.0 Å². The molecule has 0 saturated carbocycles. The number of nitrogens with zero attached hydrogens (tertiary/aromatic N) is 3. The normalized spacial score (nSPS) is 14.4. The van der Waals surface area contributed by atoms with Gasteiger partial charge in [0.15, 0.2) is 9.84 Å². The number of carbonyl (C=O) groups excluding carboxylic acids is 2. The summed E-state index contributed by atoms with van der Waals surface area (Å²) in [6.45, 7) is 2.27. The van der Waals surface area contributed by atoms with Crippen LogP contribution in [0.25, 0.3) is 0 Å². The zero-order chi connectivity index (χ0) is 22.9. The van der Waals surface area contributed by atoms with Crippen LogP contribution in [-0.4, -0.2) is 67.4 Å². The molecule has 1 saturated heterocycles. The van der Waals surface area contributed by atoms with Gasteiger partial charge in [-0.25, -0.2) is 12.8 Å². The number of hydrogen-bond donors (Lipinski definition) is 0. The quantitative estimate of drug-likeness (QED) is 0.521. The highest BCUT2D eigenvalue weighted by Gasteiger charge is 2.27. The highest BCUT2D eigenvalue weighted by Crippen LogP contribution is 2.23. The third-order valence-corrected chi connectivity index (χ3v) is 6.14. The fraction of sp³-hybridized carbons (Fsp3) is 0.300. The molecule has 0 aromatic heterocycles. The Labute approximate surface area is 178 Å². The average Bonchev–Trinajstić information content (AvgIpc) is 2.73. The molecule has 11 heteroatoms. The summed E-state index contributed by atoms with van der Waals surface area (Å²) in [5.74, 6) is -1.41. The Morgan fingerprint density at radius 1 is 0.968 bits per heavy atom. The van der Waals surface area contributed by atoms with Crippen LogP contribution in [0.2, 0.25) is 0 Å². The Balaban J connectivity index is 1.75.